The highest BCUT2D eigenvalue weighted by Crippen LogP contribution is 2.21. The predicted molar refractivity (Wildman–Crippen MR) is 66.2 cm³/mol. The lowest BCUT2D eigenvalue weighted by Gasteiger charge is -2.02. The van der Waals surface area contributed by atoms with Gasteiger partial charge in [-0.1, -0.05) is 0 Å². The van der Waals surface area contributed by atoms with E-state index in [4.69, 9.17) is 5.73 Å². The Labute approximate surface area is 107 Å². The summed E-state index contributed by atoms with van der Waals surface area (Å²) in [5.41, 5.74) is 7.23. The van der Waals surface area contributed by atoms with Crippen molar-refractivity contribution in [2.45, 2.75) is 6.54 Å². The molecule has 0 saturated carbocycles. The third-order valence-corrected chi connectivity index (χ3v) is 2.76. The molecule has 0 amide bonds. The minimum atomic E-state index is -0.622. The summed E-state index contributed by atoms with van der Waals surface area (Å²) in [7, 11) is 0. The van der Waals surface area contributed by atoms with Crippen LogP contribution in [-0.4, -0.2) is 14.4 Å². The first-order chi connectivity index (χ1) is 9.15. The molecule has 0 aliphatic rings. The zero-order chi connectivity index (χ0) is 13.4. The number of nitrogens with two attached hydrogens (primary N) is 1. The van der Waals surface area contributed by atoms with E-state index in [2.05, 4.69) is 9.97 Å². The standard InChI is InChI=1S/C13H10F2N4/c14-10-1-8(2-11(15)3-10)9-5-17-13-18-12(4-16)7-19(13)6-9/h1-3,5-7H,4,16H2. The minimum absolute atomic E-state index is 0.313. The van der Waals surface area contributed by atoms with E-state index in [0.717, 1.165) is 6.07 Å². The van der Waals surface area contributed by atoms with E-state index in [-0.39, 0.29) is 0 Å². The van der Waals surface area contributed by atoms with Gasteiger partial charge in [-0.25, -0.2) is 18.7 Å². The van der Waals surface area contributed by atoms with Crippen molar-refractivity contribution in [1.29, 1.82) is 0 Å². The van der Waals surface area contributed by atoms with Crippen LogP contribution in [-0.2, 0) is 6.54 Å². The molecule has 96 valence electrons. The van der Waals surface area contributed by atoms with Gasteiger partial charge < -0.3 is 5.73 Å². The maximum absolute atomic E-state index is 13.2. The summed E-state index contributed by atoms with van der Waals surface area (Å²) in [5.74, 6) is -0.743. The SMILES string of the molecule is NCc1cn2cc(-c3cc(F)cc(F)c3)cnc2n1. The molecule has 0 fully saturated rings. The zero-order valence-electron chi connectivity index (χ0n) is 9.85. The van der Waals surface area contributed by atoms with Crippen LogP contribution in [0.1, 0.15) is 5.69 Å². The predicted octanol–water partition coefficient (Wildman–Crippen LogP) is 2.13. The van der Waals surface area contributed by atoms with Gasteiger partial charge in [0.05, 0.1) is 5.69 Å². The van der Waals surface area contributed by atoms with Crippen LogP contribution in [0.25, 0.3) is 16.9 Å². The van der Waals surface area contributed by atoms with E-state index >= 15 is 0 Å². The smallest absolute Gasteiger partial charge is 0.233 e. The Morgan fingerprint density at radius 2 is 1.79 bits per heavy atom. The molecule has 0 spiro atoms. The van der Waals surface area contributed by atoms with Crippen molar-refractivity contribution in [2.75, 3.05) is 0 Å². The van der Waals surface area contributed by atoms with E-state index in [9.17, 15) is 8.78 Å². The van der Waals surface area contributed by atoms with Gasteiger partial charge in [-0.2, -0.15) is 0 Å². The van der Waals surface area contributed by atoms with Crippen LogP contribution >= 0.6 is 0 Å². The number of hydrogen-bond acceptors (Lipinski definition) is 3. The average molecular weight is 260 g/mol. The van der Waals surface area contributed by atoms with Gasteiger partial charge in [-0.3, -0.25) is 4.40 Å². The van der Waals surface area contributed by atoms with Gasteiger partial charge in [-0.05, 0) is 17.7 Å². The zero-order valence-corrected chi connectivity index (χ0v) is 9.85. The number of nitrogens with zero attached hydrogens (tertiary/aromatic N) is 3. The number of fused-ring (bicyclic) bond motifs is 1. The fourth-order valence-corrected chi connectivity index (χ4v) is 1.90. The summed E-state index contributed by atoms with van der Waals surface area (Å²) in [5, 5.41) is 0. The molecular weight excluding hydrogens is 250 g/mol. The molecular formula is C13H10F2N4. The van der Waals surface area contributed by atoms with E-state index in [1.54, 1.807) is 16.8 Å². The first-order valence-corrected chi connectivity index (χ1v) is 5.66. The fourth-order valence-electron chi connectivity index (χ4n) is 1.90. The highest BCUT2D eigenvalue weighted by Gasteiger charge is 2.06. The van der Waals surface area contributed by atoms with E-state index < -0.39 is 11.6 Å². The molecule has 4 nitrogen and oxygen atoms in total. The highest BCUT2D eigenvalue weighted by atomic mass is 19.1. The van der Waals surface area contributed by atoms with Crippen LogP contribution in [0.2, 0.25) is 0 Å². The van der Waals surface area contributed by atoms with Gasteiger partial charge in [0.15, 0.2) is 0 Å². The molecule has 2 heterocycles. The van der Waals surface area contributed by atoms with Crippen LogP contribution in [0.3, 0.4) is 0 Å². The highest BCUT2D eigenvalue weighted by molar-refractivity contribution is 5.62. The number of imidazole rings is 1. The third kappa shape index (κ3) is 2.17. The first-order valence-electron chi connectivity index (χ1n) is 5.66. The van der Waals surface area contributed by atoms with Gasteiger partial charge in [0.2, 0.25) is 5.78 Å². The summed E-state index contributed by atoms with van der Waals surface area (Å²) < 4.78 is 28.1. The third-order valence-electron chi connectivity index (χ3n) is 2.76. The lowest BCUT2D eigenvalue weighted by atomic mass is 10.1. The number of hydrogen-bond donors (Lipinski definition) is 1. The number of rotatable bonds is 2. The van der Waals surface area contributed by atoms with Crippen molar-refractivity contribution in [3.8, 4) is 11.1 Å². The lowest BCUT2D eigenvalue weighted by molar-refractivity contribution is 0.584. The van der Waals surface area contributed by atoms with Crippen LogP contribution in [0, 0.1) is 11.6 Å². The van der Waals surface area contributed by atoms with Crippen LogP contribution in [0.15, 0.2) is 36.8 Å². The van der Waals surface area contributed by atoms with Crippen molar-refractivity contribution in [1.82, 2.24) is 14.4 Å². The van der Waals surface area contributed by atoms with Crippen LogP contribution in [0.4, 0.5) is 8.78 Å². The van der Waals surface area contributed by atoms with E-state index in [0.29, 0.717) is 29.1 Å². The molecule has 6 heteroatoms. The molecule has 2 aromatic heterocycles. The summed E-state index contributed by atoms with van der Waals surface area (Å²) in [4.78, 5) is 8.32. The van der Waals surface area contributed by atoms with Crippen molar-refractivity contribution >= 4 is 5.78 Å². The molecule has 3 rings (SSSR count). The average Bonchev–Trinajstić information content (AvgIpc) is 2.79. The normalized spacial score (nSPS) is 11.1. The molecule has 0 aliphatic carbocycles. The Balaban J connectivity index is 2.14. The van der Waals surface area contributed by atoms with Crippen LogP contribution in [0.5, 0.6) is 0 Å². The Hall–Kier alpha value is -2.34. The topological polar surface area (TPSA) is 56.2 Å². The molecule has 0 radical (unpaired) electrons. The van der Waals surface area contributed by atoms with Crippen molar-refractivity contribution in [3.05, 3.63) is 54.1 Å². The molecule has 1 aromatic carbocycles. The monoisotopic (exact) mass is 260 g/mol. The second-order valence-corrected chi connectivity index (χ2v) is 4.14. The molecule has 3 aromatic rings. The molecule has 19 heavy (non-hydrogen) atoms. The quantitative estimate of drug-likeness (QED) is 0.768. The van der Waals surface area contributed by atoms with Crippen molar-refractivity contribution in [3.63, 3.8) is 0 Å². The second-order valence-electron chi connectivity index (χ2n) is 4.14. The Morgan fingerprint density at radius 1 is 1.05 bits per heavy atom. The minimum Gasteiger partial charge on any atom is -0.325 e. The van der Waals surface area contributed by atoms with Gasteiger partial charge in [-0.15, -0.1) is 0 Å². The van der Waals surface area contributed by atoms with E-state index in [1.165, 1.54) is 18.3 Å². The van der Waals surface area contributed by atoms with Crippen molar-refractivity contribution < 1.29 is 8.78 Å². The molecule has 0 aliphatic heterocycles. The lowest BCUT2D eigenvalue weighted by Crippen LogP contribution is -1.95. The molecule has 0 unspecified atom stereocenters. The fraction of sp³-hybridized carbons (Fsp3) is 0.0769. The largest absolute Gasteiger partial charge is 0.325 e. The summed E-state index contributed by atoms with van der Waals surface area (Å²) in [6.45, 7) is 0.313. The van der Waals surface area contributed by atoms with Gasteiger partial charge >= 0.3 is 0 Å². The molecule has 0 saturated heterocycles. The maximum atomic E-state index is 13.2. The second kappa shape index (κ2) is 4.40. The van der Waals surface area contributed by atoms with Crippen molar-refractivity contribution in [2.24, 2.45) is 5.73 Å². The Bertz CT molecular complexity index is 731. The summed E-state index contributed by atoms with van der Waals surface area (Å²) in [6, 6.07) is 3.35. The summed E-state index contributed by atoms with van der Waals surface area (Å²) >= 11 is 0. The maximum Gasteiger partial charge on any atom is 0.233 e. The van der Waals surface area contributed by atoms with Gasteiger partial charge in [0.1, 0.15) is 11.6 Å². The van der Waals surface area contributed by atoms with Gasteiger partial charge in [0, 0.05) is 36.8 Å². The molecule has 0 bridgehead atoms. The van der Waals surface area contributed by atoms with Gasteiger partial charge in [0.25, 0.3) is 0 Å². The number of benzene rings is 1. The molecule has 0 atom stereocenters. The molecule has 2 N–H and O–H groups in total. The Kier molecular flexibility index (Phi) is 2.72. The van der Waals surface area contributed by atoms with E-state index in [1.807, 2.05) is 0 Å². The number of halogens is 2. The Morgan fingerprint density at radius 3 is 2.47 bits per heavy atom. The summed E-state index contributed by atoms with van der Waals surface area (Å²) in [6.07, 6.45) is 4.97. The first kappa shape index (κ1) is 11.7. The number of aromatic nitrogens is 3. The van der Waals surface area contributed by atoms with Crippen LogP contribution < -0.4 is 5.73 Å².